The Kier molecular flexibility index (Phi) is 2.69. The molecule has 1 fully saturated rings. The fourth-order valence-corrected chi connectivity index (χ4v) is 1.85. The van der Waals surface area contributed by atoms with Gasteiger partial charge in [0.2, 0.25) is 0 Å². The third kappa shape index (κ3) is 1.93. The fraction of sp³-hybridized carbons (Fsp3) is 0.455. The Labute approximate surface area is 96.5 Å². The molecule has 0 radical (unpaired) electrons. The zero-order chi connectivity index (χ0) is 12.6. The molecule has 1 aromatic heterocycles. The average molecular weight is 241 g/mol. The summed E-state index contributed by atoms with van der Waals surface area (Å²) in [5.41, 5.74) is -1.30. The molecule has 0 spiro atoms. The number of hydrogen-bond donors (Lipinski definition) is 0. The van der Waals surface area contributed by atoms with Gasteiger partial charge in [0.25, 0.3) is 0 Å². The number of aromatic nitrogens is 1. The monoisotopic (exact) mass is 241 g/mol. The van der Waals surface area contributed by atoms with Crippen molar-refractivity contribution in [3.05, 3.63) is 23.4 Å². The Hall–Kier alpha value is -1.77. The molecule has 0 amide bonds. The second kappa shape index (κ2) is 3.91. The molecule has 1 aliphatic rings. The summed E-state index contributed by atoms with van der Waals surface area (Å²) >= 11 is 0. The summed E-state index contributed by atoms with van der Waals surface area (Å²) in [6.07, 6.45) is -2.51. The highest BCUT2D eigenvalue weighted by molar-refractivity contribution is 5.59. The fourth-order valence-electron chi connectivity index (χ4n) is 1.85. The van der Waals surface area contributed by atoms with Gasteiger partial charge < -0.3 is 4.90 Å². The van der Waals surface area contributed by atoms with Crippen LogP contribution < -0.4 is 4.90 Å². The Balaban J connectivity index is 2.51. The summed E-state index contributed by atoms with van der Waals surface area (Å²) in [4.78, 5) is 5.62. The maximum atomic E-state index is 12.7. The smallest absolute Gasteiger partial charge is 0.353 e. The maximum absolute atomic E-state index is 12.7. The van der Waals surface area contributed by atoms with Crippen molar-refractivity contribution >= 4 is 5.82 Å². The van der Waals surface area contributed by atoms with Crippen molar-refractivity contribution in [2.45, 2.75) is 25.6 Å². The van der Waals surface area contributed by atoms with E-state index >= 15 is 0 Å². The maximum Gasteiger partial charge on any atom is 0.417 e. The average Bonchev–Trinajstić information content (AvgIpc) is 2.25. The van der Waals surface area contributed by atoms with Crippen LogP contribution in [0, 0.1) is 11.3 Å². The van der Waals surface area contributed by atoms with E-state index in [0.29, 0.717) is 6.54 Å². The van der Waals surface area contributed by atoms with Crippen molar-refractivity contribution in [1.29, 1.82) is 5.26 Å². The Morgan fingerprint density at radius 2 is 2.24 bits per heavy atom. The van der Waals surface area contributed by atoms with Crippen molar-refractivity contribution in [3.8, 4) is 6.07 Å². The number of alkyl halides is 3. The topological polar surface area (TPSA) is 39.9 Å². The first-order valence-electron chi connectivity index (χ1n) is 5.18. The molecule has 90 valence electrons. The molecule has 1 aromatic rings. The van der Waals surface area contributed by atoms with E-state index in [1.54, 1.807) is 11.0 Å². The Morgan fingerprint density at radius 3 is 2.65 bits per heavy atom. The van der Waals surface area contributed by atoms with Crippen LogP contribution in [0.4, 0.5) is 19.0 Å². The molecule has 0 saturated carbocycles. The van der Waals surface area contributed by atoms with E-state index in [0.717, 1.165) is 18.7 Å². The van der Waals surface area contributed by atoms with Gasteiger partial charge in [0.15, 0.2) is 0 Å². The molecule has 1 unspecified atom stereocenters. The first-order valence-corrected chi connectivity index (χ1v) is 5.18. The first-order chi connectivity index (χ1) is 7.95. The molecule has 0 N–H and O–H groups in total. The van der Waals surface area contributed by atoms with Crippen LogP contribution >= 0.6 is 0 Å². The number of hydrogen-bond acceptors (Lipinski definition) is 3. The lowest BCUT2D eigenvalue weighted by Gasteiger charge is -2.40. The summed E-state index contributed by atoms with van der Waals surface area (Å²) in [5, 5.41) is 8.90. The van der Waals surface area contributed by atoms with Gasteiger partial charge in [0.1, 0.15) is 17.5 Å². The minimum absolute atomic E-state index is 0.137. The van der Waals surface area contributed by atoms with Gasteiger partial charge in [-0.1, -0.05) is 0 Å². The Bertz CT molecular complexity index is 476. The normalized spacial score (nSPS) is 19.7. The predicted octanol–water partition coefficient (Wildman–Crippen LogP) is 2.57. The van der Waals surface area contributed by atoms with E-state index in [1.165, 1.54) is 0 Å². The summed E-state index contributed by atoms with van der Waals surface area (Å²) in [6.45, 7) is 2.54. The molecular formula is C11H10F3N3. The quantitative estimate of drug-likeness (QED) is 0.758. The van der Waals surface area contributed by atoms with Crippen molar-refractivity contribution in [3.63, 3.8) is 0 Å². The van der Waals surface area contributed by atoms with E-state index in [-0.39, 0.29) is 17.4 Å². The van der Waals surface area contributed by atoms with Crippen molar-refractivity contribution in [2.75, 3.05) is 11.4 Å². The molecule has 0 bridgehead atoms. The lowest BCUT2D eigenvalue weighted by atomic mass is 10.0. The van der Waals surface area contributed by atoms with Crippen LogP contribution in [0.25, 0.3) is 0 Å². The van der Waals surface area contributed by atoms with Crippen molar-refractivity contribution in [2.24, 2.45) is 0 Å². The molecule has 2 rings (SSSR count). The van der Waals surface area contributed by atoms with Gasteiger partial charge in [-0.15, -0.1) is 0 Å². The van der Waals surface area contributed by atoms with E-state index in [9.17, 15) is 13.2 Å². The summed E-state index contributed by atoms with van der Waals surface area (Å²) < 4.78 is 38.1. The molecule has 1 aliphatic heterocycles. The summed E-state index contributed by atoms with van der Waals surface area (Å²) in [5.74, 6) is 0.140. The zero-order valence-corrected chi connectivity index (χ0v) is 9.12. The second-order valence-corrected chi connectivity index (χ2v) is 4.00. The third-order valence-corrected chi connectivity index (χ3v) is 2.94. The number of rotatable bonds is 1. The van der Waals surface area contributed by atoms with Crippen molar-refractivity contribution in [1.82, 2.24) is 4.98 Å². The van der Waals surface area contributed by atoms with Crippen LogP contribution in [0.15, 0.2) is 12.3 Å². The number of halogens is 3. The highest BCUT2D eigenvalue weighted by atomic mass is 19.4. The Morgan fingerprint density at radius 1 is 1.53 bits per heavy atom. The highest BCUT2D eigenvalue weighted by Crippen LogP contribution is 2.36. The molecular weight excluding hydrogens is 231 g/mol. The van der Waals surface area contributed by atoms with E-state index in [4.69, 9.17) is 5.26 Å². The summed E-state index contributed by atoms with van der Waals surface area (Å²) in [7, 11) is 0. The molecule has 0 aliphatic carbocycles. The molecule has 17 heavy (non-hydrogen) atoms. The van der Waals surface area contributed by atoms with Crippen molar-refractivity contribution < 1.29 is 13.2 Å². The third-order valence-electron chi connectivity index (χ3n) is 2.94. The van der Waals surface area contributed by atoms with Gasteiger partial charge in [-0.05, 0) is 19.4 Å². The minimum Gasteiger partial charge on any atom is -0.353 e. The second-order valence-electron chi connectivity index (χ2n) is 4.00. The number of nitriles is 1. The van der Waals surface area contributed by atoms with Gasteiger partial charge in [-0.2, -0.15) is 18.4 Å². The number of pyridine rings is 1. The standard InChI is InChI=1S/C11H10F3N3/c1-7-3-5-17(7)10-8(6-15)9(2-4-16-10)11(12,13)14/h2,4,7H,3,5H2,1H3. The molecule has 1 atom stereocenters. The van der Waals surface area contributed by atoms with Crippen LogP contribution in [0.5, 0.6) is 0 Å². The van der Waals surface area contributed by atoms with Crippen LogP contribution in [-0.4, -0.2) is 17.6 Å². The molecule has 2 heterocycles. The van der Waals surface area contributed by atoms with E-state index in [1.807, 2.05) is 6.92 Å². The largest absolute Gasteiger partial charge is 0.417 e. The van der Waals surface area contributed by atoms with Crippen LogP contribution in [0.2, 0.25) is 0 Å². The van der Waals surface area contributed by atoms with Gasteiger partial charge in [-0.3, -0.25) is 0 Å². The minimum atomic E-state index is -4.52. The van der Waals surface area contributed by atoms with Gasteiger partial charge in [0, 0.05) is 18.8 Å². The molecule has 3 nitrogen and oxygen atoms in total. The van der Waals surface area contributed by atoms with Gasteiger partial charge in [-0.25, -0.2) is 4.98 Å². The first kappa shape index (κ1) is 11.7. The van der Waals surface area contributed by atoms with Gasteiger partial charge >= 0.3 is 6.18 Å². The number of nitrogens with zero attached hydrogens (tertiary/aromatic N) is 3. The lowest BCUT2D eigenvalue weighted by Crippen LogP contribution is -2.46. The SMILES string of the molecule is CC1CCN1c1nccc(C(F)(F)F)c1C#N. The number of anilines is 1. The zero-order valence-electron chi connectivity index (χ0n) is 9.12. The predicted molar refractivity (Wildman–Crippen MR) is 55.4 cm³/mol. The van der Waals surface area contributed by atoms with E-state index in [2.05, 4.69) is 4.98 Å². The molecule has 0 aromatic carbocycles. The highest BCUT2D eigenvalue weighted by Gasteiger charge is 2.37. The van der Waals surface area contributed by atoms with Crippen LogP contribution in [0.1, 0.15) is 24.5 Å². The van der Waals surface area contributed by atoms with Gasteiger partial charge in [0.05, 0.1) is 5.56 Å². The van der Waals surface area contributed by atoms with Crippen LogP contribution in [-0.2, 0) is 6.18 Å². The molecule has 1 saturated heterocycles. The lowest BCUT2D eigenvalue weighted by molar-refractivity contribution is -0.137. The molecule has 6 heteroatoms. The summed E-state index contributed by atoms with van der Waals surface area (Å²) in [6, 6.07) is 2.59. The van der Waals surface area contributed by atoms with E-state index < -0.39 is 11.7 Å². The van der Waals surface area contributed by atoms with Crippen LogP contribution in [0.3, 0.4) is 0 Å².